The summed E-state index contributed by atoms with van der Waals surface area (Å²) in [6.07, 6.45) is 34.1. The van der Waals surface area contributed by atoms with E-state index < -0.39 is 18.4 Å². The largest absolute Gasteiger partial charge is 0.414 e. The molecule has 8 aliphatic rings. The molecule has 6 fully saturated rings. The van der Waals surface area contributed by atoms with E-state index in [2.05, 4.69) is 134 Å². The van der Waals surface area contributed by atoms with E-state index in [0.717, 1.165) is 66.8 Å². The molecule has 9 rings (SSSR count). The van der Waals surface area contributed by atoms with Crippen molar-refractivity contribution in [3.8, 4) is 0 Å². The van der Waals surface area contributed by atoms with Crippen molar-refractivity contribution < 1.29 is 22.1 Å². The van der Waals surface area contributed by atoms with E-state index in [-0.39, 0.29) is 46.8 Å². The fourth-order valence-electron chi connectivity index (χ4n) is 17.3. The van der Waals surface area contributed by atoms with Gasteiger partial charge in [-0.15, -0.1) is 0 Å². The van der Waals surface area contributed by atoms with Crippen molar-refractivity contribution in [1.82, 2.24) is 0 Å². The van der Waals surface area contributed by atoms with Gasteiger partial charge in [-0.1, -0.05) is 201 Å². The van der Waals surface area contributed by atoms with Gasteiger partial charge in [-0.25, -0.2) is 0 Å². The molecule has 0 heterocycles. The van der Waals surface area contributed by atoms with Gasteiger partial charge in [-0.2, -0.15) is 8.42 Å². The molecule has 5 nitrogen and oxygen atoms in total. The summed E-state index contributed by atoms with van der Waals surface area (Å²) in [5.41, 5.74) is 8.96. The standard InChI is InChI=1S/C35H54O4SSi.C27H44O.C6H14.CH4/c1-24-10-13-28(14-11-24)40(36,37)38-23-25(2)30-16-17-31-29-15-12-26-22-27(39-41(8,9)33(3,4)5)18-20-34(26,6)32(29)19-21-35(30,31)7;1-18(2)7-6-8-19(3)23-11-12-24-22-10-9-20-17-21(28)13-15-26(20,4)25(22)14-16-27(23,24)5;1-4-5-6(2)3;/h10-15,25,27,30-32H,16-23H2,1-9H3;9-10,18-19,21,23-25,28H,6-8,11-17H2,1-5H3;6H,4-5H2,1-3H3;1H4/t25?,27-,30?,31?,32?,34-,35+;19?,21-,23?,24?,25?,26-,27+;;/m00../s1. The molecule has 6 saturated carbocycles. The second kappa shape index (κ2) is 24.8. The lowest BCUT2D eigenvalue weighted by atomic mass is 9.50. The van der Waals surface area contributed by atoms with Crippen LogP contribution in [0.5, 0.6) is 0 Å². The second-order valence-corrected chi connectivity index (χ2v) is 36.2. The topological polar surface area (TPSA) is 72.8 Å². The fourth-order valence-corrected chi connectivity index (χ4v) is 19.7. The Hall–Kier alpha value is -1.77. The van der Waals surface area contributed by atoms with E-state index >= 15 is 0 Å². The highest BCUT2D eigenvalue weighted by atomic mass is 32.2. The Morgan fingerprint density at radius 3 is 1.63 bits per heavy atom. The summed E-state index contributed by atoms with van der Waals surface area (Å²) in [7, 11) is -5.53. The van der Waals surface area contributed by atoms with Crippen LogP contribution in [0.1, 0.15) is 232 Å². The van der Waals surface area contributed by atoms with Gasteiger partial charge in [0, 0.05) is 6.10 Å². The van der Waals surface area contributed by atoms with Crippen LogP contribution >= 0.6 is 0 Å². The van der Waals surface area contributed by atoms with Crippen LogP contribution < -0.4 is 0 Å². The lowest BCUT2D eigenvalue weighted by Crippen LogP contribution is -2.49. The molecule has 0 aromatic heterocycles. The van der Waals surface area contributed by atoms with Crippen LogP contribution in [0, 0.1) is 87.8 Å². The molecule has 14 atom stereocenters. The van der Waals surface area contributed by atoms with Crippen molar-refractivity contribution in [2.75, 3.05) is 6.61 Å². The molecular formula is C69H116O5SSi. The van der Waals surface area contributed by atoms with Gasteiger partial charge in [-0.3, -0.25) is 4.18 Å². The van der Waals surface area contributed by atoms with Crippen molar-refractivity contribution in [3.05, 3.63) is 76.4 Å². The summed E-state index contributed by atoms with van der Waals surface area (Å²) in [4.78, 5) is 0.249. The molecule has 0 spiro atoms. The van der Waals surface area contributed by atoms with Crippen LogP contribution in [0.25, 0.3) is 0 Å². The van der Waals surface area contributed by atoms with E-state index in [1.54, 1.807) is 34.4 Å². The first-order valence-electron chi connectivity index (χ1n) is 31.1. The Morgan fingerprint density at radius 2 is 1.14 bits per heavy atom. The zero-order valence-corrected chi connectivity index (χ0v) is 53.0. The summed E-state index contributed by atoms with van der Waals surface area (Å²) in [5.74, 6) is 6.95. The Balaban J connectivity index is 0.000000232. The van der Waals surface area contributed by atoms with E-state index in [1.807, 2.05) is 19.1 Å². The first-order valence-corrected chi connectivity index (χ1v) is 35.5. The number of fused-ring (bicyclic) bond motifs is 10. The lowest BCUT2D eigenvalue weighted by molar-refractivity contribution is 0.0288. The van der Waals surface area contributed by atoms with Gasteiger partial charge in [-0.05, 0) is 208 Å². The average Bonchev–Trinajstić information content (AvgIpc) is 3.89. The van der Waals surface area contributed by atoms with Gasteiger partial charge in [0.25, 0.3) is 10.1 Å². The van der Waals surface area contributed by atoms with Crippen LogP contribution in [-0.2, 0) is 18.7 Å². The lowest BCUT2D eigenvalue weighted by Gasteiger charge is -2.56. The predicted octanol–water partition coefficient (Wildman–Crippen LogP) is 19.6. The molecule has 0 aliphatic heterocycles. The van der Waals surface area contributed by atoms with Crippen LogP contribution in [-0.4, -0.2) is 40.7 Å². The monoisotopic (exact) mass is 1080 g/mol. The van der Waals surface area contributed by atoms with Crippen LogP contribution in [0.15, 0.2) is 75.8 Å². The molecule has 8 aliphatic carbocycles. The highest BCUT2D eigenvalue weighted by Gasteiger charge is 2.59. The van der Waals surface area contributed by atoms with Gasteiger partial charge in [0.2, 0.25) is 0 Å². The van der Waals surface area contributed by atoms with Crippen LogP contribution in [0.2, 0.25) is 18.1 Å². The van der Waals surface area contributed by atoms with E-state index in [9.17, 15) is 13.5 Å². The zero-order chi connectivity index (χ0) is 55.1. The second-order valence-electron chi connectivity index (χ2n) is 29.9. The number of benzene rings is 1. The van der Waals surface area contributed by atoms with E-state index in [4.69, 9.17) is 8.61 Å². The Labute approximate surface area is 470 Å². The predicted molar refractivity (Wildman–Crippen MR) is 326 cm³/mol. The molecule has 0 bridgehead atoms. The summed E-state index contributed by atoms with van der Waals surface area (Å²) >= 11 is 0. The number of rotatable bonds is 14. The SMILES string of the molecule is C.CC(C)CCCC(C)C1CCC2C3=CC=C4C[C@@H](O)CC[C@]4(C)C3CC[C@@]21C.CCCC(C)C.Cc1ccc(S(=O)(=O)OCC(C)C2CCC3C4=CC=C5C[C@@H](O[Si](C)(C)C(C)(C)C)CC[C@]5(C)C4CC[C@@]32C)cc1. The fraction of sp³-hybridized carbons (Fsp3) is 0.797. The average molecular weight is 1090 g/mol. The third kappa shape index (κ3) is 13.1. The molecule has 76 heavy (non-hydrogen) atoms. The summed E-state index contributed by atoms with van der Waals surface area (Å²) in [6, 6.07) is 6.95. The zero-order valence-electron chi connectivity index (χ0n) is 51.2. The maximum atomic E-state index is 12.9. The minimum atomic E-state index is -3.74. The minimum absolute atomic E-state index is 0. The summed E-state index contributed by atoms with van der Waals surface area (Å²) in [6.45, 7) is 40.4. The minimum Gasteiger partial charge on any atom is -0.414 e. The molecule has 0 amide bonds. The maximum absolute atomic E-state index is 12.9. The quantitative estimate of drug-likeness (QED) is 0.148. The molecule has 0 radical (unpaired) electrons. The summed E-state index contributed by atoms with van der Waals surface area (Å²) in [5, 5.41) is 10.4. The highest BCUT2D eigenvalue weighted by Crippen LogP contribution is 2.68. The molecular weight excluding hydrogens is 969 g/mol. The van der Waals surface area contributed by atoms with Crippen molar-refractivity contribution in [3.63, 3.8) is 0 Å². The molecule has 0 saturated heterocycles. The normalized spacial score (nSPS) is 35.6. The molecule has 432 valence electrons. The van der Waals surface area contributed by atoms with Crippen molar-refractivity contribution in [2.24, 2.45) is 80.8 Å². The third-order valence-electron chi connectivity index (χ3n) is 23.0. The molecule has 1 aromatic carbocycles. The first kappa shape index (κ1) is 63.4. The third-order valence-corrected chi connectivity index (χ3v) is 28.8. The van der Waals surface area contributed by atoms with Gasteiger partial charge >= 0.3 is 0 Å². The molecule has 7 heteroatoms. The van der Waals surface area contributed by atoms with E-state index in [0.29, 0.717) is 34.7 Å². The number of hydrogen-bond acceptors (Lipinski definition) is 5. The highest BCUT2D eigenvalue weighted by molar-refractivity contribution is 7.86. The number of aliphatic hydroxyl groups is 1. The van der Waals surface area contributed by atoms with Gasteiger partial charge < -0.3 is 9.53 Å². The number of allylic oxidation sites excluding steroid dienone is 6. The van der Waals surface area contributed by atoms with Gasteiger partial charge in [0.15, 0.2) is 8.32 Å². The number of hydrogen-bond donors (Lipinski definition) is 1. The van der Waals surface area contributed by atoms with Crippen molar-refractivity contribution in [1.29, 1.82) is 0 Å². The maximum Gasteiger partial charge on any atom is 0.296 e. The van der Waals surface area contributed by atoms with Crippen molar-refractivity contribution in [2.45, 2.75) is 269 Å². The molecule has 1 N–H and O–H groups in total. The van der Waals surface area contributed by atoms with Crippen molar-refractivity contribution >= 4 is 18.4 Å². The Morgan fingerprint density at radius 1 is 0.645 bits per heavy atom. The molecule has 1 aromatic rings. The van der Waals surface area contributed by atoms with Crippen LogP contribution in [0.4, 0.5) is 0 Å². The van der Waals surface area contributed by atoms with E-state index in [1.165, 1.54) is 96.3 Å². The smallest absolute Gasteiger partial charge is 0.296 e. The molecule has 8 unspecified atom stereocenters. The Bertz CT molecular complexity index is 2330. The van der Waals surface area contributed by atoms with Gasteiger partial charge in [0.05, 0.1) is 17.6 Å². The number of aryl methyl sites for hydroxylation is 1. The summed E-state index contributed by atoms with van der Waals surface area (Å²) < 4.78 is 38.3. The first-order chi connectivity index (χ1) is 35.0. The Kier molecular flexibility index (Phi) is 20.7. The van der Waals surface area contributed by atoms with Gasteiger partial charge in [0.1, 0.15) is 0 Å². The van der Waals surface area contributed by atoms with Crippen LogP contribution in [0.3, 0.4) is 0 Å². The number of aliphatic hydroxyl groups excluding tert-OH is 1.